The van der Waals surface area contributed by atoms with Crippen LogP contribution in [0.4, 0.5) is 5.95 Å². The average Bonchev–Trinajstić information content (AvgIpc) is 2.71. The summed E-state index contributed by atoms with van der Waals surface area (Å²) >= 11 is 5.79. The van der Waals surface area contributed by atoms with Gasteiger partial charge in [0.1, 0.15) is 0 Å². The molecule has 2 aromatic rings. The predicted molar refractivity (Wildman–Crippen MR) is 67.0 cm³/mol. The Bertz CT molecular complexity index is 559. The third-order valence-corrected chi connectivity index (χ3v) is 2.07. The van der Waals surface area contributed by atoms with Crippen LogP contribution in [0.3, 0.4) is 0 Å². The number of anilines is 1. The molecular formula is C10H13ClN6O2. The van der Waals surface area contributed by atoms with E-state index < -0.39 is 0 Å². The molecular weight excluding hydrogens is 272 g/mol. The first-order valence-corrected chi connectivity index (χ1v) is 6.02. The summed E-state index contributed by atoms with van der Waals surface area (Å²) in [5, 5.41) is 6.63. The topological polar surface area (TPSA) is 98.9 Å². The molecule has 0 aliphatic carbocycles. The SMILES string of the molecule is Cc1noc(CNc2nc(Cl)nc(OC(C)C)n2)n1. The number of aryl methyl sites for hydroxylation is 1. The van der Waals surface area contributed by atoms with E-state index >= 15 is 0 Å². The van der Waals surface area contributed by atoms with Gasteiger partial charge in [0.15, 0.2) is 5.82 Å². The molecule has 0 atom stereocenters. The fourth-order valence-corrected chi connectivity index (χ4v) is 1.39. The zero-order chi connectivity index (χ0) is 13.8. The Labute approximate surface area is 114 Å². The molecule has 1 N–H and O–H groups in total. The fourth-order valence-electron chi connectivity index (χ4n) is 1.24. The number of rotatable bonds is 5. The first-order chi connectivity index (χ1) is 9.02. The molecule has 19 heavy (non-hydrogen) atoms. The second-order valence-corrected chi connectivity index (χ2v) is 4.30. The van der Waals surface area contributed by atoms with Crippen molar-refractivity contribution in [1.29, 1.82) is 0 Å². The van der Waals surface area contributed by atoms with E-state index in [0.717, 1.165) is 0 Å². The monoisotopic (exact) mass is 284 g/mol. The molecule has 0 aliphatic heterocycles. The van der Waals surface area contributed by atoms with Gasteiger partial charge >= 0.3 is 6.01 Å². The van der Waals surface area contributed by atoms with Crippen LogP contribution >= 0.6 is 11.6 Å². The minimum Gasteiger partial charge on any atom is -0.461 e. The Balaban J connectivity index is 2.05. The van der Waals surface area contributed by atoms with E-state index in [4.69, 9.17) is 20.9 Å². The number of nitrogens with one attached hydrogen (secondary N) is 1. The maximum absolute atomic E-state index is 5.79. The number of hydrogen-bond acceptors (Lipinski definition) is 8. The van der Waals surface area contributed by atoms with Crippen LogP contribution in [-0.2, 0) is 6.54 Å². The van der Waals surface area contributed by atoms with Crippen molar-refractivity contribution in [3.63, 3.8) is 0 Å². The smallest absolute Gasteiger partial charge is 0.322 e. The fraction of sp³-hybridized carbons (Fsp3) is 0.500. The third-order valence-electron chi connectivity index (χ3n) is 1.90. The highest BCUT2D eigenvalue weighted by molar-refractivity contribution is 6.28. The van der Waals surface area contributed by atoms with Gasteiger partial charge in [0.2, 0.25) is 17.1 Å². The standard InChI is InChI=1S/C10H13ClN6O2/c1-5(2)18-10-15-8(11)14-9(16-10)12-4-7-13-6(3)17-19-7/h5H,4H2,1-3H3,(H,12,14,15,16). The zero-order valence-electron chi connectivity index (χ0n) is 10.7. The van der Waals surface area contributed by atoms with Crippen molar-refractivity contribution in [2.75, 3.05) is 5.32 Å². The molecule has 0 spiro atoms. The van der Waals surface area contributed by atoms with Crippen molar-refractivity contribution < 1.29 is 9.26 Å². The second kappa shape index (κ2) is 5.79. The van der Waals surface area contributed by atoms with E-state index in [0.29, 0.717) is 18.3 Å². The van der Waals surface area contributed by atoms with Gasteiger partial charge in [-0.2, -0.15) is 19.9 Å². The maximum Gasteiger partial charge on any atom is 0.322 e. The van der Waals surface area contributed by atoms with E-state index in [-0.39, 0.29) is 23.3 Å². The van der Waals surface area contributed by atoms with Crippen LogP contribution in [0.1, 0.15) is 25.6 Å². The van der Waals surface area contributed by atoms with Crippen molar-refractivity contribution in [2.45, 2.75) is 33.4 Å². The van der Waals surface area contributed by atoms with Crippen molar-refractivity contribution in [3.05, 3.63) is 17.0 Å². The van der Waals surface area contributed by atoms with Crippen molar-refractivity contribution in [2.24, 2.45) is 0 Å². The molecule has 8 nitrogen and oxygen atoms in total. The lowest BCUT2D eigenvalue weighted by Crippen LogP contribution is -2.11. The Morgan fingerprint density at radius 1 is 1.26 bits per heavy atom. The van der Waals surface area contributed by atoms with Crippen LogP contribution in [-0.4, -0.2) is 31.2 Å². The summed E-state index contributed by atoms with van der Waals surface area (Å²) in [6.45, 7) is 5.77. The van der Waals surface area contributed by atoms with Gasteiger partial charge in [0.25, 0.3) is 0 Å². The highest BCUT2D eigenvalue weighted by Gasteiger charge is 2.09. The average molecular weight is 285 g/mol. The van der Waals surface area contributed by atoms with Gasteiger partial charge in [0.05, 0.1) is 12.6 Å². The predicted octanol–water partition coefficient (Wildman–Crippen LogP) is 1.62. The molecule has 0 aliphatic rings. The Kier molecular flexibility index (Phi) is 4.10. The molecule has 0 amide bonds. The number of halogens is 1. The Morgan fingerprint density at radius 3 is 2.68 bits per heavy atom. The summed E-state index contributed by atoms with van der Waals surface area (Å²) in [4.78, 5) is 15.9. The van der Waals surface area contributed by atoms with E-state index in [1.807, 2.05) is 13.8 Å². The highest BCUT2D eigenvalue weighted by atomic mass is 35.5. The molecule has 0 fully saturated rings. The molecule has 0 radical (unpaired) electrons. The minimum atomic E-state index is -0.0510. The molecule has 102 valence electrons. The first-order valence-electron chi connectivity index (χ1n) is 5.64. The molecule has 0 unspecified atom stereocenters. The van der Waals surface area contributed by atoms with Gasteiger partial charge in [-0.05, 0) is 32.4 Å². The molecule has 0 saturated heterocycles. The summed E-state index contributed by atoms with van der Waals surface area (Å²) in [6, 6.07) is 0.166. The van der Waals surface area contributed by atoms with Crippen molar-refractivity contribution >= 4 is 17.5 Å². The lowest BCUT2D eigenvalue weighted by atomic mass is 10.5. The van der Waals surface area contributed by atoms with Crippen LogP contribution in [0, 0.1) is 6.92 Å². The number of aromatic nitrogens is 5. The summed E-state index contributed by atoms with van der Waals surface area (Å²) in [7, 11) is 0. The van der Waals surface area contributed by atoms with Gasteiger partial charge in [-0.25, -0.2) is 0 Å². The molecule has 0 saturated carbocycles. The molecule has 0 bridgehead atoms. The zero-order valence-corrected chi connectivity index (χ0v) is 11.5. The van der Waals surface area contributed by atoms with E-state index in [2.05, 4.69) is 30.4 Å². The summed E-state index contributed by atoms with van der Waals surface area (Å²) in [5.74, 6) is 1.28. The molecule has 2 aromatic heterocycles. The van der Waals surface area contributed by atoms with Crippen LogP contribution in [0.5, 0.6) is 6.01 Å². The van der Waals surface area contributed by atoms with E-state index in [1.165, 1.54) is 0 Å². The van der Waals surface area contributed by atoms with Crippen LogP contribution in [0.2, 0.25) is 5.28 Å². The van der Waals surface area contributed by atoms with Crippen LogP contribution < -0.4 is 10.1 Å². The lowest BCUT2D eigenvalue weighted by molar-refractivity contribution is 0.222. The van der Waals surface area contributed by atoms with Gasteiger partial charge in [0, 0.05) is 0 Å². The molecule has 0 aromatic carbocycles. The van der Waals surface area contributed by atoms with Crippen LogP contribution in [0.15, 0.2) is 4.52 Å². The second-order valence-electron chi connectivity index (χ2n) is 3.97. The number of ether oxygens (including phenoxy) is 1. The van der Waals surface area contributed by atoms with Gasteiger partial charge < -0.3 is 14.6 Å². The van der Waals surface area contributed by atoms with Gasteiger partial charge in [-0.3, -0.25) is 0 Å². The van der Waals surface area contributed by atoms with E-state index in [1.54, 1.807) is 6.92 Å². The normalized spacial score (nSPS) is 10.8. The first kappa shape index (κ1) is 13.5. The van der Waals surface area contributed by atoms with E-state index in [9.17, 15) is 0 Å². The van der Waals surface area contributed by atoms with Crippen molar-refractivity contribution in [1.82, 2.24) is 25.1 Å². The van der Waals surface area contributed by atoms with Crippen LogP contribution in [0.25, 0.3) is 0 Å². The summed E-state index contributed by atoms with van der Waals surface area (Å²) in [5.41, 5.74) is 0. The van der Waals surface area contributed by atoms with Crippen molar-refractivity contribution in [3.8, 4) is 6.01 Å². The number of nitrogens with zero attached hydrogens (tertiary/aromatic N) is 5. The summed E-state index contributed by atoms with van der Waals surface area (Å²) < 4.78 is 10.3. The quantitative estimate of drug-likeness (QED) is 0.884. The van der Waals surface area contributed by atoms with Gasteiger partial charge in [-0.15, -0.1) is 0 Å². The Morgan fingerprint density at radius 2 is 2.05 bits per heavy atom. The maximum atomic E-state index is 5.79. The largest absolute Gasteiger partial charge is 0.461 e. The molecule has 9 heteroatoms. The minimum absolute atomic E-state index is 0.0508. The highest BCUT2D eigenvalue weighted by Crippen LogP contribution is 2.13. The summed E-state index contributed by atoms with van der Waals surface area (Å²) in [6.07, 6.45) is -0.0510. The van der Waals surface area contributed by atoms with Gasteiger partial charge in [-0.1, -0.05) is 5.16 Å². The Hall–Kier alpha value is -1.96. The molecule has 2 rings (SSSR count). The lowest BCUT2D eigenvalue weighted by Gasteiger charge is -2.08. The number of hydrogen-bond donors (Lipinski definition) is 1. The molecule has 2 heterocycles. The third kappa shape index (κ3) is 4.02.